The van der Waals surface area contributed by atoms with E-state index in [1.165, 1.54) is 35.1 Å². The van der Waals surface area contributed by atoms with Gasteiger partial charge in [-0.05, 0) is 55.1 Å². The van der Waals surface area contributed by atoms with Crippen LogP contribution in [0.25, 0.3) is 0 Å². The number of likely N-dealkylation sites (N-methyl/N-ethyl adjacent to an activating group) is 1. The van der Waals surface area contributed by atoms with Crippen molar-refractivity contribution in [2.75, 3.05) is 7.05 Å². The molecule has 1 aliphatic rings. The van der Waals surface area contributed by atoms with Gasteiger partial charge >= 0.3 is 0 Å². The first-order valence-electron chi connectivity index (χ1n) is 6.90. The fourth-order valence-corrected chi connectivity index (χ4v) is 2.92. The number of benzene rings is 1. The molecule has 19 heavy (non-hydrogen) atoms. The quantitative estimate of drug-likeness (QED) is 0.835. The minimum atomic E-state index is 0.630. The van der Waals surface area contributed by atoms with Crippen molar-refractivity contribution in [3.8, 4) is 0 Å². The van der Waals surface area contributed by atoms with Crippen LogP contribution < -0.4 is 0 Å². The zero-order valence-electron chi connectivity index (χ0n) is 11.6. The molecule has 0 spiro atoms. The topological polar surface area (TPSA) is 16.1 Å². The summed E-state index contributed by atoms with van der Waals surface area (Å²) in [4.78, 5) is 6.64. The van der Waals surface area contributed by atoms with E-state index < -0.39 is 0 Å². The molecule has 0 bridgehead atoms. The summed E-state index contributed by atoms with van der Waals surface area (Å²) < 4.78 is 0. The number of rotatable bonds is 3. The van der Waals surface area contributed by atoms with Gasteiger partial charge in [-0.3, -0.25) is 9.88 Å². The van der Waals surface area contributed by atoms with Crippen LogP contribution in [0.2, 0.25) is 0 Å². The molecule has 3 rings (SSSR count). The number of aromatic nitrogens is 1. The van der Waals surface area contributed by atoms with Crippen LogP contribution in [0.1, 0.15) is 22.3 Å². The molecule has 0 saturated heterocycles. The summed E-state index contributed by atoms with van der Waals surface area (Å²) in [6, 6.07) is 11.6. The van der Waals surface area contributed by atoms with Crippen LogP contribution in [0.15, 0.2) is 42.7 Å². The molecule has 1 aliphatic carbocycles. The molecule has 0 atom stereocenters. The molecule has 0 radical (unpaired) electrons. The highest BCUT2D eigenvalue weighted by atomic mass is 15.1. The van der Waals surface area contributed by atoms with E-state index in [2.05, 4.69) is 54.2 Å². The highest BCUT2D eigenvalue weighted by Gasteiger charge is 2.24. The summed E-state index contributed by atoms with van der Waals surface area (Å²) in [5.74, 6) is 0. The van der Waals surface area contributed by atoms with E-state index in [0.717, 1.165) is 6.54 Å². The molecule has 1 heterocycles. The Morgan fingerprint density at radius 2 is 1.84 bits per heavy atom. The van der Waals surface area contributed by atoms with Crippen LogP contribution in [0.4, 0.5) is 0 Å². The van der Waals surface area contributed by atoms with Gasteiger partial charge in [0.25, 0.3) is 0 Å². The molecular weight excluding hydrogens is 232 g/mol. The van der Waals surface area contributed by atoms with Crippen molar-refractivity contribution in [3.63, 3.8) is 0 Å². The van der Waals surface area contributed by atoms with E-state index in [-0.39, 0.29) is 0 Å². The maximum Gasteiger partial charge on any atom is 0.0300 e. The van der Waals surface area contributed by atoms with Crippen LogP contribution in [0, 0.1) is 6.92 Å². The van der Waals surface area contributed by atoms with Crippen LogP contribution in [-0.2, 0) is 19.4 Å². The Balaban J connectivity index is 1.70. The molecule has 2 aromatic rings. The SMILES string of the molecule is Cc1cnccc1CN(C)C1Cc2ccccc2C1. The number of hydrogen-bond donors (Lipinski definition) is 0. The lowest BCUT2D eigenvalue weighted by molar-refractivity contribution is 0.240. The van der Waals surface area contributed by atoms with Gasteiger partial charge in [-0.2, -0.15) is 0 Å². The standard InChI is InChI=1S/C17H20N2/c1-13-11-18-8-7-16(13)12-19(2)17-9-14-5-3-4-6-15(14)10-17/h3-8,11,17H,9-10,12H2,1-2H3. The second-order valence-corrected chi connectivity index (χ2v) is 5.55. The van der Waals surface area contributed by atoms with Crippen LogP contribution >= 0.6 is 0 Å². The lowest BCUT2D eigenvalue weighted by Crippen LogP contribution is -2.31. The van der Waals surface area contributed by atoms with Gasteiger partial charge in [0.1, 0.15) is 0 Å². The smallest absolute Gasteiger partial charge is 0.0300 e. The minimum absolute atomic E-state index is 0.630. The molecule has 0 unspecified atom stereocenters. The average molecular weight is 252 g/mol. The van der Waals surface area contributed by atoms with Gasteiger partial charge in [0.05, 0.1) is 0 Å². The Bertz CT molecular complexity index is 552. The van der Waals surface area contributed by atoms with Crippen molar-refractivity contribution in [3.05, 3.63) is 65.0 Å². The summed E-state index contributed by atoms with van der Waals surface area (Å²) in [6.45, 7) is 3.15. The minimum Gasteiger partial charge on any atom is -0.298 e. The fourth-order valence-electron chi connectivity index (χ4n) is 2.92. The van der Waals surface area contributed by atoms with Crippen molar-refractivity contribution in [1.82, 2.24) is 9.88 Å². The van der Waals surface area contributed by atoms with E-state index >= 15 is 0 Å². The number of nitrogens with zero attached hydrogens (tertiary/aromatic N) is 2. The molecule has 1 aromatic heterocycles. The Morgan fingerprint density at radius 1 is 1.16 bits per heavy atom. The molecule has 0 N–H and O–H groups in total. The third-order valence-corrected chi connectivity index (χ3v) is 4.21. The van der Waals surface area contributed by atoms with Crippen molar-refractivity contribution in [2.24, 2.45) is 0 Å². The normalized spacial score (nSPS) is 14.9. The summed E-state index contributed by atoms with van der Waals surface area (Å²) >= 11 is 0. The first kappa shape index (κ1) is 12.4. The fraction of sp³-hybridized carbons (Fsp3) is 0.353. The van der Waals surface area contributed by atoms with Gasteiger partial charge in [-0.15, -0.1) is 0 Å². The number of fused-ring (bicyclic) bond motifs is 1. The largest absolute Gasteiger partial charge is 0.298 e. The van der Waals surface area contributed by atoms with E-state index in [9.17, 15) is 0 Å². The van der Waals surface area contributed by atoms with Crippen molar-refractivity contribution in [2.45, 2.75) is 32.4 Å². The summed E-state index contributed by atoms with van der Waals surface area (Å²) in [5, 5.41) is 0. The van der Waals surface area contributed by atoms with Gasteiger partial charge in [0.2, 0.25) is 0 Å². The van der Waals surface area contributed by atoms with Crippen LogP contribution in [0.5, 0.6) is 0 Å². The molecular formula is C17H20N2. The Labute approximate surface area is 115 Å². The highest BCUT2D eigenvalue weighted by molar-refractivity contribution is 5.33. The molecule has 0 aliphatic heterocycles. The molecule has 2 nitrogen and oxygen atoms in total. The summed E-state index contributed by atoms with van der Waals surface area (Å²) in [5.41, 5.74) is 5.70. The average Bonchev–Trinajstić information content (AvgIpc) is 2.85. The van der Waals surface area contributed by atoms with Crippen molar-refractivity contribution >= 4 is 0 Å². The van der Waals surface area contributed by atoms with Gasteiger partial charge in [0, 0.05) is 25.0 Å². The second kappa shape index (κ2) is 5.14. The maximum atomic E-state index is 4.16. The lowest BCUT2D eigenvalue weighted by Gasteiger charge is -2.24. The highest BCUT2D eigenvalue weighted by Crippen LogP contribution is 2.25. The second-order valence-electron chi connectivity index (χ2n) is 5.55. The van der Waals surface area contributed by atoms with Crippen molar-refractivity contribution < 1.29 is 0 Å². The monoisotopic (exact) mass is 252 g/mol. The van der Waals surface area contributed by atoms with Gasteiger partial charge in [-0.1, -0.05) is 24.3 Å². The molecule has 1 aromatic carbocycles. The molecule has 0 fully saturated rings. The van der Waals surface area contributed by atoms with E-state index in [1.807, 2.05) is 12.4 Å². The number of hydrogen-bond acceptors (Lipinski definition) is 2. The zero-order valence-corrected chi connectivity index (χ0v) is 11.6. The van der Waals surface area contributed by atoms with E-state index in [1.54, 1.807) is 0 Å². The number of aryl methyl sites for hydroxylation is 1. The Kier molecular flexibility index (Phi) is 3.34. The summed E-state index contributed by atoms with van der Waals surface area (Å²) in [6.07, 6.45) is 6.19. The molecule has 2 heteroatoms. The Morgan fingerprint density at radius 3 is 2.47 bits per heavy atom. The Hall–Kier alpha value is -1.67. The third-order valence-electron chi connectivity index (χ3n) is 4.21. The van der Waals surface area contributed by atoms with E-state index in [4.69, 9.17) is 0 Å². The predicted octanol–water partition coefficient (Wildman–Crippen LogP) is 2.99. The predicted molar refractivity (Wildman–Crippen MR) is 78.1 cm³/mol. The molecule has 98 valence electrons. The maximum absolute atomic E-state index is 4.16. The lowest BCUT2D eigenvalue weighted by atomic mass is 10.1. The zero-order chi connectivity index (χ0) is 13.2. The number of pyridine rings is 1. The first-order chi connectivity index (χ1) is 9.24. The third kappa shape index (κ3) is 2.54. The van der Waals surface area contributed by atoms with Gasteiger partial charge in [0.15, 0.2) is 0 Å². The molecule has 0 amide bonds. The summed E-state index contributed by atoms with van der Waals surface area (Å²) in [7, 11) is 2.23. The van der Waals surface area contributed by atoms with Gasteiger partial charge < -0.3 is 0 Å². The van der Waals surface area contributed by atoms with Crippen LogP contribution in [-0.4, -0.2) is 23.0 Å². The van der Waals surface area contributed by atoms with Crippen molar-refractivity contribution in [1.29, 1.82) is 0 Å². The first-order valence-corrected chi connectivity index (χ1v) is 6.90. The van der Waals surface area contributed by atoms with Crippen LogP contribution in [0.3, 0.4) is 0 Å². The molecule has 0 saturated carbocycles. The van der Waals surface area contributed by atoms with E-state index in [0.29, 0.717) is 6.04 Å². The van der Waals surface area contributed by atoms with Gasteiger partial charge in [-0.25, -0.2) is 0 Å².